The molecule has 0 aromatic heterocycles. The molecule has 0 N–H and O–H groups in total. The Morgan fingerprint density at radius 3 is 2.77 bits per heavy atom. The smallest absolute Gasteiger partial charge is 0.147 e. The third-order valence-corrected chi connectivity index (χ3v) is 7.28. The predicted molar refractivity (Wildman–Crippen MR) is 125 cm³/mol. The zero-order valence-electron chi connectivity index (χ0n) is 17.9. The van der Waals surface area contributed by atoms with E-state index >= 15 is 0 Å². The van der Waals surface area contributed by atoms with E-state index in [2.05, 4.69) is 73.7 Å². The van der Waals surface area contributed by atoms with Gasteiger partial charge in [0.2, 0.25) is 0 Å². The average Bonchev–Trinajstić information content (AvgIpc) is 3.24. The number of carbonyl (C=O) groups excluding carboxylic acids is 1. The SMILES string of the molecule is Cc1ccc(CC(=O)C2(c3ccc4c(c3)CCO4)CC2)cc1-c1ccc2c(c1)C=CC2. The van der Waals surface area contributed by atoms with E-state index in [-0.39, 0.29) is 5.41 Å². The van der Waals surface area contributed by atoms with Crippen molar-refractivity contribution < 1.29 is 9.53 Å². The molecule has 1 aliphatic heterocycles. The minimum absolute atomic E-state index is 0.291. The van der Waals surface area contributed by atoms with Crippen molar-refractivity contribution in [2.45, 2.75) is 44.4 Å². The first kappa shape index (κ1) is 18.6. The van der Waals surface area contributed by atoms with E-state index in [4.69, 9.17) is 4.74 Å². The van der Waals surface area contributed by atoms with Crippen LogP contribution in [0.3, 0.4) is 0 Å². The van der Waals surface area contributed by atoms with Gasteiger partial charge in [-0.3, -0.25) is 4.79 Å². The molecule has 0 spiro atoms. The van der Waals surface area contributed by atoms with E-state index in [9.17, 15) is 4.79 Å². The fourth-order valence-electron chi connectivity index (χ4n) is 5.20. The zero-order valence-corrected chi connectivity index (χ0v) is 17.9. The number of aryl methyl sites for hydroxylation is 1. The van der Waals surface area contributed by atoms with E-state index in [0.717, 1.165) is 43.6 Å². The topological polar surface area (TPSA) is 26.3 Å². The number of benzene rings is 3. The summed E-state index contributed by atoms with van der Waals surface area (Å²) in [5.41, 5.74) is 9.67. The molecule has 3 aromatic carbocycles. The largest absolute Gasteiger partial charge is 0.493 e. The Morgan fingerprint density at radius 1 is 1.00 bits per heavy atom. The van der Waals surface area contributed by atoms with Crippen LogP contribution < -0.4 is 4.74 Å². The molecular formula is C29H26O2. The zero-order chi connectivity index (χ0) is 21.0. The van der Waals surface area contributed by atoms with Crippen LogP contribution in [0.1, 0.15) is 46.2 Å². The third kappa shape index (κ3) is 3.13. The normalized spacial score (nSPS) is 17.2. The number of carbonyl (C=O) groups is 1. The molecule has 2 heteroatoms. The second kappa shape index (κ2) is 6.95. The molecule has 0 saturated heterocycles. The average molecular weight is 407 g/mol. The highest BCUT2D eigenvalue weighted by Gasteiger charge is 2.50. The number of fused-ring (bicyclic) bond motifs is 2. The predicted octanol–water partition coefficient (Wildman–Crippen LogP) is 6.01. The van der Waals surface area contributed by atoms with Gasteiger partial charge in [0.15, 0.2) is 0 Å². The van der Waals surface area contributed by atoms with Crippen molar-refractivity contribution in [2.75, 3.05) is 6.61 Å². The highest BCUT2D eigenvalue weighted by atomic mass is 16.5. The van der Waals surface area contributed by atoms with Crippen molar-refractivity contribution in [3.8, 4) is 16.9 Å². The molecule has 0 unspecified atom stereocenters. The summed E-state index contributed by atoms with van der Waals surface area (Å²) in [4.78, 5) is 13.4. The lowest BCUT2D eigenvalue weighted by Crippen LogP contribution is -2.22. The number of allylic oxidation sites excluding steroid dienone is 1. The molecule has 0 radical (unpaired) electrons. The van der Waals surface area contributed by atoms with Crippen LogP contribution in [0.25, 0.3) is 17.2 Å². The Labute approximate surface area is 183 Å². The quantitative estimate of drug-likeness (QED) is 0.519. The van der Waals surface area contributed by atoms with Crippen LogP contribution in [0.5, 0.6) is 5.75 Å². The molecule has 2 aliphatic carbocycles. The third-order valence-electron chi connectivity index (χ3n) is 7.28. The standard InChI is InChI=1S/C29H26O2/c1-19-5-6-20(15-26(19)23-8-7-21-3-2-4-22(21)17-23)16-28(30)29(12-13-29)25-9-10-27-24(18-25)11-14-31-27/h2,4-10,15,17-18H,3,11-14,16H2,1H3. The molecule has 31 heavy (non-hydrogen) atoms. The maximum absolute atomic E-state index is 13.4. The Bertz CT molecular complexity index is 1240. The van der Waals surface area contributed by atoms with E-state index in [1.54, 1.807) is 0 Å². The van der Waals surface area contributed by atoms with Gasteiger partial charge in [-0.2, -0.15) is 0 Å². The summed E-state index contributed by atoms with van der Waals surface area (Å²) in [6.45, 7) is 2.91. The minimum Gasteiger partial charge on any atom is -0.493 e. The van der Waals surface area contributed by atoms with E-state index in [1.165, 1.54) is 38.9 Å². The highest BCUT2D eigenvalue weighted by Crippen LogP contribution is 2.50. The first-order valence-corrected chi connectivity index (χ1v) is 11.3. The number of hydrogen-bond acceptors (Lipinski definition) is 2. The van der Waals surface area contributed by atoms with E-state index in [1.807, 2.05) is 0 Å². The number of ether oxygens (including phenoxy) is 1. The molecule has 0 bridgehead atoms. The second-order valence-electron chi connectivity index (χ2n) is 9.27. The van der Waals surface area contributed by atoms with Gasteiger partial charge in [-0.25, -0.2) is 0 Å². The van der Waals surface area contributed by atoms with Crippen molar-refractivity contribution in [1.29, 1.82) is 0 Å². The summed E-state index contributed by atoms with van der Waals surface area (Å²) < 4.78 is 5.65. The second-order valence-corrected chi connectivity index (χ2v) is 9.27. The Kier molecular flexibility index (Phi) is 4.17. The fraction of sp³-hybridized carbons (Fsp3) is 0.276. The summed E-state index contributed by atoms with van der Waals surface area (Å²) in [5, 5.41) is 0. The van der Waals surface area contributed by atoms with Gasteiger partial charge in [-0.05, 0) is 82.8 Å². The van der Waals surface area contributed by atoms with Crippen LogP contribution in [0.4, 0.5) is 0 Å². The first-order valence-electron chi connectivity index (χ1n) is 11.3. The van der Waals surface area contributed by atoms with Gasteiger partial charge in [0.05, 0.1) is 12.0 Å². The maximum atomic E-state index is 13.4. The van der Waals surface area contributed by atoms with Crippen LogP contribution in [0.15, 0.2) is 60.7 Å². The lowest BCUT2D eigenvalue weighted by Gasteiger charge is -2.17. The Hall–Kier alpha value is -3.13. The summed E-state index contributed by atoms with van der Waals surface area (Å²) in [7, 11) is 0. The van der Waals surface area contributed by atoms with Gasteiger partial charge in [-0.1, -0.05) is 54.6 Å². The summed E-state index contributed by atoms with van der Waals surface area (Å²) in [5.74, 6) is 1.33. The lowest BCUT2D eigenvalue weighted by molar-refractivity contribution is -0.120. The molecule has 154 valence electrons. The van der Waals surface area contributed by atoms with Crippen molar-refractivity contribution in [3.05, 3.63) is 94.1 Å². The molecular weight excluding hydrogens is 380 g/mol. The Balaban J connectivity index is 1.28. The first-order chi connectivity index (χ1) is 15.1. The highest BCUT2D eigenvalue weighted by molar-refractivity contribution is 5.95. The van der Waals surface area contributed by atoms with Crippen LogP contribution in [0.2, 0.25) is 0 Å². The van der Waals surface area contributed by atoms with Crippen LogP contribution in [-0.2, 0) is 29.5 Å². The number of hydrogen-bond donors (Lipinski definition) is 0. The number of rotatable bonds is 5. The lowest BCUT2D eigenvalue weighted by atomic mass is 9.86. The summed E-state index contributed by atoms with van der Waals surface area (Å²) >= 11 is 0. The summed E-state index contributed by atoms with van der Waals surface area (Å²) in [6.07, 6.45) is 8.82. The Morgan fingerprint density at radius 2 is 1.90 bits per heavy atom. The van der Waals surface area contributed by atoms with Gasteiger partial charge < -0.3 is 4.74 Å². The summed E-state index contributed by atoms with van der Waals surface area (Å²) in [6, 6.07) is 19.6. The maximum Gasteiger partial charge on any atom is 0.147 e. The van der Waals surface area contributed by atoms with Gasteiger partial charge >= 0.3 is 0 Å². The molecule has 1 heterocycles. The van der Waals surface area contributed by atoms with Gasteiger partial charge in [0, 0.05) is 12.8 Å². The van der Waals surface area contributed by atoms with Crippen molar-refractivity contribution >= 4 is 11.9 Å². The van der Waals surface area contributed by atoms with E-state index < -0.39 is 0 Å². The van der Waals surface area contributed by atoms with Crippen molar-refractivity contribution in [2.24, 2.45) is 0 Å². The molecule has 0 amide bonds. The fourth-order valence-corrected chi connectivity index (χ4v) is 5.20. The molecule has 1 fully saturated rings. The molecule has 3 aromatic rings. The number of ketones is 1. The van der Waals surface area contributed by atoms with Crippen LogP contribution >= 0.6 is 0 Å². The number of Topliss-reactive ketones (excluding diaryl/α,β-unsaturated/α-hetero) is 1. The van der Waals surface area contributed by atoms with Gasteiger partial charge in [0.1, 0.15) is 11.5 Å². The van der Waals surface area contributed by atoms with E-state index in [0.29, 0.717) is 12.2 Å². The molecule has 0 atom stereocenters. The molecule has 1 saturated carbocycles. The van der Waals surface area contributed by atoms with Gasteiger partial charge in [-0.15, -0.1) is 0 Å². The monoisotopic (exact) mass is 406 g/mol. The molecule has 3 aliphatic rings. The molecule has 2 nitrogen and oxygen atoms in total. The van der Waals surface area contributed by atoms with Crippen LogP contribution in [0, 0.1) is 6.92 Å². The minimum atomic E-state index is -0.291. The van der Waals surface area contributed by atoms with Crippen molar-refractivity contribution in [3.63, 3.8) is 0 Å². The van der Waals surface area contributed by atoms with Crippen LogP contribution in [-0.4, -0.2) is 12.4 Å². The van der Waals surface area contributed by atoms with Gasteiger partial charge in [0.25, 0.3) is 0 Å². The van der Waals surface area contributed by atoms with Crippen molar-refractivity contribution in [1.82, 2.24) is 0 Å². The molecule has 6 rings (SSSR count).